The molecular formula is C14H28N2O3. The SMILES string of the molecule is CCN(CC1CCCO1)C(C)CC(C)(NC)C(=O)O. The molecule has 1 fully saturated rings. The number of likely N-dealkylation sites (N-methyl/N-ethyl adjacent to an activating group) is 2. The van der Waals surface area contributed by atoms with Gasteiger partial charge < -0.3 is 15.2 Å². The summed E-state index contributed by atoms with van der Waals surface area (Å²) in [6.07, 6.45) is 3.15. The third-order valence-electron chi connectivity index (χ3n) is 4.22. The Labute approximate surface area is 116 Å². The van der Waals surface area contributed by atoms with Gasteiger partial charge in [0.1, 0.15) is 5.54 Å². The molecule has 1 heterocycles. The fourth-order valence-electron chi connectivity index (χ4n) is 2.69. The first-order valence-corrected chi connectivity index (χ1v) is 7.21. The van der Waals surface area contributed by atoms with Crippen molar-refractivity contribution in [2.24, 2.45) is 0 Å². The number of carboxylic acid groups (broad SMARTS) is 1. The summed E-state index contributed by atoms with van der Waals surface area (Å²) < 4.78 is 5.67. The molecule has 5 nitrogen and oxygen atoms in total. The van der Waals surface area contributed by atoms with Gasteiger partial charge in [-0.15, -0.1) is 0 Å². The van der Waals surface area contributed by atoms with Crippen molar-refractivity contribution in [2.75, 3.05) is 26.7 Å². The van der Waals surface area contributed by atoms with Gasteiger partial charge in [-0.3, -0.25) is 9.69 Å². The van der Waals surface area contributed by atoms with Crippen LogP contribution in [0.1, 0.15) is 40.0 Å². The van der Waals surface area contributed by atoms with Crippen molar-refractivity contribution in [2.45, 2.75) is 57.7 Å². The van der Waals surface area contributed by atoms with E-state index in [-0.39, 0.29) is 6.04 Å². The van der Waals surface area contributed by atoms with Crippen LogP contribution in [0.4, 0.5) is 0 Å². The number of aliphatic carboxylic acids is 1. The Morgan fingerprint density at radius 2 is 2.32 bits per heavy atom. The van der Waals surface area contributed by atoms with Gasteiger partial charge in [0.25, 0.3) is 0 Å². The lowest BCUT2D eigenvalue weighted by Crippen LogP contribution is -2.52. The van der Waals surface area contributed by atoms with Gasteiger partial charge >= 0.3 is 5.97 Å². The summed E-state index contributed by atoms with van der Waals surface area (Å²) in [6.45, 7) is 8.63. The van der Waals surface area contributed by atoms with Crippen molar-refractivity contribution in [1.82, 2.24) is 10.2 Å². The highest BCUT2D eigenvalue weighted by Crippen LogP contribution is 2.19. The predicted molar refractivity (Wildman–Crippen MR) is 75.4 cm³/mol. The second kappa shape index (κ2) is 7.22. The summed E-state index contributed by atoms with van der Waals surface area (Å²) >= 11 is 0. The van der Waals surface area contributed by atoms with E-state index in [0.717, 1.165) is 32.5 Å². The van der Waals surface area contributed by atoms with Gasteiger partial charge in [-0.1, -0.05) is 6.92 Å². The third kappa shape index (κ3) is 4.44. The maximum Gasteiger partial charge on any atom is 0.323 e. The van der Waals surface area contributed by atoms with E-state index in [1.54, 1.807) is 14.0 Å². The van der Waals surface area contributed by atoms with Crippen molar-refractivity contribution >= 4 is 5.97 Å². The minimum atomic E-state index is -0.872. The topological polar surface area (TPSA) is 61.8 Å². The number of carboxylic acids is 1. The summed E-state index contributed by atoms with van der Waals surface area (Å²) in [5.41, 5.74) is -0.872. The lowest BCUT2D eigenvalue weighted by atomic mass is 9.93. The highest BCUT2D eigenvalue weighted by atomic mass is 16.5. The highest BCUT2D eigenvalue weighted by molar-refractivity contribution is 5.78. The molecule has 0 saturated carbocycles. The molecule has 0 bridgehead atoms. The monoisotopic (exact) mass is 272 g/mol. The van der Waals surface area contributed by atoms with Crippen LogP contribution < -0.4 is 5.32 Å². The van der Waals surface area contributed by atoms with Gasteiger partial charge in [0.05, 0.1) is 6.10 Å². The zero-order valence-corrected chi connectivity index (χ0v) is 12.6. The van der Waals surface area contributed by atoms with E-state index in [9.17, 15) is 9.90 Å². The van der Waals surface area contributed by atoms with Crippen molar-refractivity contribution in [1.29, 1.82) is 0 Å². The van der Waals surface area contributed by atoms with Gasteiger partial charge in [0.15, 0.2) is 0 Å². The number of rotatable bonds is 8. The van der Waals surface area contributed by atoms with Crippen LogP contribution in [0.15, 0.2) is 0 Å². The Morgan fingerprint density at radius 1 is 1.63 bits per heavy atom. The Kier molecular flexibility index (Phi) is 6.23. The van der Waals surface area contributed by atoms with E-state index >= 15 is 0 Å². The van der Waals surface area contributed by atoms with Gasteiger partial charge in [-0.05, 0) is 46.7 Å². The van der Waals surface area contributed by atoms with E-state index in [1.807, 2.05) is 0 Å². The van der Waals surface area contributed by atoms with Crippen LogP contribution in [0.25, 0.3) is 0 Å². The molecule has 1 aliphatic heterocycles. The summed E-state index contributed by atoms with van der Waals surface area (Å²) in [5, 5.41) is 12.2. The van der Waals surface area contributed by atoms with E-state index in [2.05, 4.69) is 24.1 Å². The van der Waals surface area contributed by atoms with Crippen LogP contribution in [-0.4, -0.2) is 60.4 Å². The zero-order chi connectivity index (χ0) is 14.5. The first-order valence-electron chi connectivity index (χ1n) is 7.21. The summed E-state index contributed by atoms with van der Waals surface area (Å²) in [4.78, 5) is 13.7. The molecule has 1 rings (SSSR count). The number of hydrogen-bond donors (Lipinski definition) is 2. The second-order valence-electron chi connectivity index (χ2n) is 5.66. The number of nitrogens with one attached hydrogen (secondary N) is 1. The van der Waals surface area contributed by atoms with Crippen molar-refractivity contribution in [3.8, 4) is 0 Å². The van der Waals surface area contributed by atoms with Crippen LogP contribution in [0, 0.1) is 0 Å². The van der Waals surface area contributed by atoms with Crippen molar-refractivity contribution in [3.63, 3.8) is 0 Å². The molecule has 3 unspecified atom stereocenters. The molecule has 1 saturated heterocycles. The third-order valence-corrected chi connectivity index (χ3v) is 4.22. The molecule has 0 spiro atoms. The lowest BCUT2D eigenvalue weighted by Gasteiger charge is -2.35. The lowest BCUT2D eigenvalue weighted by molar-refractivity contribution is -0.144. The summed E-state index contributed by atoms with van der Waals surface area (Å²) in [5.74, 6) is -0.796. The quantitative estimate of drug-likeness (QED) is 0.698. The minimum Gasteiger partial charge on any atom is -0.480 e. The van der Waals surface area contributed by atoms with Crippen molar-refractivity contribution in [3.05, 3.63) is 0 Å². The first kappa shape index (κ1) is 16.4. The standard InChI is InChI=1S/C14H28N2O3/c1-5-16(10-12-7-6-8-19-12)11(2)9-14(3,15-4)13(17)18/h11-12,15H,5-10H2,1-4H3,(H,17,18). The van der Waals surface area contributed by atoms with Crippen molar-refractivity contribution < 1.29 is 14.6 Å². The number of carbonyl (C=O) groups is 1. The fraction of sp³-hybridized carbons (Fsp3) is 0.929. The van der Waals surface area contributed by atoms with Crippen LogP contribution in [0.3, 0.4) is 0 Å². The van der Waals surface area contributed by atoms with E-state index in [4.69, 9.17) is 4.74 Å². The van der Waals surface area contributed by atoms with E-state index in [0.29, 0.717) is 12.5 Å². The maximum absolute atomic E-state index is 11.3. The highest BCUT2D eigenvalue weighted by Gasteiger charge is 2.34. The molecule has 19 heavy (non-hydrogen) atoms. The Hall–Kier alpha value is -0.650. The van der Waals surface area contributed by atoms with Gasteiger partial charge in [0, 0.05) is 19.2 Å². The largest absolute Gasteiger partial charge is 0.480 e. The Balaban J connectivity index is 2.56. The van der Waals surface area contributed by atoms with Crippen LogP contribution in [-0.2, 0) is 9.53 Å². The van der Waals surface area contributed by atoms with E-state index in [1.165, 1.54) is 0 Å². The Morgan fingerprint density at radius 3 is 2.74 bits per heavy atom. The minimum absolute atomic E-state index is 0.211. The number of hydrogen-bond acceptors (Lipinski definition) is 4. The average molecular weight is 272 g/mol. The fourth-order valence-corrected chi connectivity index (χ4v) is 2.69. The zero-order valence-electron chi connectivity index (χ0n) is 12.6. The van der Waals surface area contributed by atoms with E-state index < -0.39 is 11.5 Å². The van der Waals surface area contributed by atoms with Gasteiger partial charge in [-0.2, -0.15) is 0 Å². The summed E-state index contributed by atoms with van der Waals surface area (Å²) in [6, 6.07) is 0.211. The van der Waals surface area contributed by atoms with Gasteiger partial charge in [-0.25, -0.2) is 0 Å². The molecular weight excluding hydrogens is 244 g/mol. The predicted octanol–water partition coefficient (Wildman–Crippen LogP) is 1.33. The molecule has 0 aromatic rings. The molecule has 0 aromatic carbocycles. The molecule has 0 aliphatic carbocycles. The molecule has 1 aliphatic rings. The Bertz CT molecular complexity index is 292. The smallest absolute Gasteiger partial charge is 0.323 e. The second-order valence-corrected chi connectivity index (χ2v) is 5.66. The molecule has 0 radical (unpaired) electrons. The first-order chi connectivity index (χ1) is 8.92. The van der Waals surface area contributed by atoms with Gasteiger partial charge in [0.2, 0.25) is 0 Å². The number of nitrogens with zero attached hydrogens (tertiary/aromatic N) is 1. The normalized spacial score (nSPS) is 24.4. The van der Waals surface area contributed by atoms with Crippen LogP contribution >= 0.6 is 0 Å². The number of ether oxygens (including phenoxy) is 1. The maximum atomic E-state index is 11.3. The molecule has 0 amide bonds. The summed E-state index contributed by atoms with van der Waals surface area (Å²) in [7, 11) is 1.71. The average Bonchev–Trinajstić information content (AvgIpc) is 2.88. The van der Waals surface area contributed by atoms with Crippen LogP contribution in [0.2, 0.25) is 0 Å². The molecule has 3 atom stereocenters. The molecule has 5 heteroatoms. The van der Waals surface area contributed by atoms with Crippen LogP contribution in [0.5, 0.6) is 0 Å². The molecule has 2 N–H and O–H groups in total. The molecule has 112 valence electrons. The molecule has 0 aromatic heterocycles.